The maximum Gasteiger partial charge on any atom is 0.334 e. The van der Waals surface area contributed by atoms with Crippen molar-refractivity contribution in [3.63, 3.8) is 0 Å². The lowest BCUT2D eigenvalue weighted by atomic mass is 9.88. The zero-order valence-corrected chi connectivity index (χ0v) is 12.3. The van der Waals surface area contributed by atoms with E-state index in [9.17, 15) is 4.79 Å². The van der Waals surface area contributed by atoms with Crippen LogP contribution in [0.15, 0.2) is 60.7 Å². The lowest BCUT2D eigenvalue weighted by Crippen LogP contribution is -2.31. The van der Waals surface area contributed by atoms with Crippen LogP contribution in [0.5, 0.6) is 0 Å². The van der Waals surface area contributed by atoms with Gasteiger partial charge in [0.25, 0.3) is 0 Å². The van der Waals surface area contributed by atoms with Crippen molar-refractivity contribution < 1.29 is 9.53 Å². The van der Waals surface area contributed by atoms with Gasteiger partial charge >= 0.3 is 5.97 Å². The predicted molar refractivity (Wildman–Crippen MR) is 83.9 cm³/mol. The van der Waals surface area contributed by atoms with Crippen molar-refractivity contribution in [2.75, 3.05) is 0 Å². The summed E-state index contributed by atoms with van der Waals surface area (Å²) in [6.45, 7) is 7.43. The number of rotatable bonds is 3. The molecule has 0 atom stereocenters. The van der Waals surface area contributed by atoms with E-state index >= 15 is 0 Å². The summed E-state index contributed by atoms with van der Waals surface area (Å²) in [5.41, 5.74) is 4.12. The normalized spacial score (nSPS) is 14.2. The Morgan fingerprint density at radius 3 is 1.95 bits per heavy atom. The predicted octanol–water partition coefficient (Wildman–Crippen LogP) is 4.44. The van der Waals surface area contributed by atoms with E-state index in [4.69, 9.17) is 4.74 Å². The molecule has 0 saturated heterocycles. The van der Waals surface area contributed by atoms with Crippen molar-refractivity contribution >= 4 is 5.97 Å². The molecule has 0 heterocycles. The van der Waals surface area contributed by atoms with Gasteiger partial charge in [-0.15, -0.1) is 0 Å². The second kappa shape index (κ2) is 4.88. The monoisotopic (exact) mass is 278 g/mol. The van der Waals surface area contributed by atoms with Crippen LogP contribution in [0.1, 0.15) is 31.4 Å². The summed E-state index contributed by atoms with van der Waals surface area (Å²) < 4.78 is 5.92. The molecule has 1 aliphatic carbocycles. The Bertz CT molecular complexity index is 682. The molecule has 0 radical (unpaired) electrons. The molecule has 0 spiro atoms. The molecular formula is C19H18O2. The molecule has 0 bridgehead atoms. The van der Waals surface area contributed by atoms with E-state index in [2.05, 4.69) is 18.7 Å². The molecule has 0 fully saturated rings. The minimum absolute atomic E-state index is 0.344. The third-order valence-electron chi connectivity index (χ3n) is 4.13. The van der Waals surface area contributed by atoms with Crippen molar-refractivity contribution in [3.8, 4) is 11.1 Å². The number of benzene rings is 2. The zero-order chi connectivity index (χ0) is 15.0. The van der Waals surface area contributed by atoms with Crippen LogP contribution < -0.4 is 0 Å². The van der Waals surface area contributed by atoms with Crippen LogP contribution in [0.2, 0.25) is 0 Å². The molecule has 0 aromatic heterocycles. The van der Waals surface area contributed by atoms with Crippen LogP contribution in [0.4, 0.5) is 0 Å². The fourth-order valence-electron chi connectivity index (χ4n) is 3.09. The highest BCUT2D eigenvalue weighted by molar-refractivity contribution is 5.89. The Morgan fingerprint density at radius 1 is 1.05 bits per heavy atom. The van der Waals surface area contributed by atoms with E-state index in [1.807, 2.05) is 43.3 Å². The third kappa shape index (κ3) is 1.90. The van der Waals surface area contributed by atoms with Gasteiger partial charge in [-0.25, -0.2) is 4.79 Å². The molecule has 0 aliphatic heterocycles. The molecule has 2 heteroatoms. The van der Waals surface area contributed by atoms with Gasteiger partial charge in [0.2, 0.25) is 0 Å². The van der Waals surface area contributed by atoms with Gasteiger partial charge in [0.1, 0.15) is 0 Å². The van der Waals surface area contributed by atoms with E-state index in [0.717, 1.165) is 22.3 Å². The molecule has 106 valence electrons. The second-order valence-corrected chi connectivity index (χ2v) is 5.44. The van der Waals surface area contributed by atoms with Gasteiger partial charge in [-0.2, -0.15) is 0 Å². The summed E-state index contributed by atoms with van der Waals surface area (Å²) in [5.74, 6) is -0.344. The average Bonchev–Trinajstić information content (AvgIpc) is 2.79. The summed E-state index contributed by atoms with van der Waals surface area (Å²) in [5, 5.41) is 0. The minimum atomic E-state index is -0.705. The Balaban J connectivity index is 2.24. The lowest BCUT2D eigenvalue weighted by molar-refractivity contribution is -0.151. The first-order chi connectivity index (χ1) is 10.1. The molecule has 1 aliphatic rings. The molecule has 0 saturated carbocycles. The van der Waals surface area contributed by atoms with E-state index in [1.54, 1.807) is 6.92 Å². The van der Waals surface area contributed by atoms with E-state index in [0.29, 0.717) is 12.0 Å². The smallest absolute Gasteiger partial charge is 0.334 e. The van der Waals surface area contributed by atoms with Crippen LogP contribution in [0.3, 0.4) is 0 Å². The summed E-state index contributed by atoms with van der Waals surface area (Å²) in [4.78, 5) is 12.2. The van der Waals surface area contributed by atoms with Crippen LogP contribution in [0.25, 0.3) is 11.1 Å². The standard InChI is InChI=1S/C19H18O2/c1-4-19(21-18(20)13(2)3)16-11-7-5-9-14(16)15-10-6-8-12-17(15)19/h5-12H,2,4H2,1,3H3. The van der Waals surface area contributed by atoms with Gasteiger partial charge in [0, 0.05) is 16.7 Å². The van der Waals surface area contributed by atoms with Crippen LogP contribution in [0, 0.1) is 0 Å². The largest absolute Gasteiger partial charge is 0.446 e. The summed E-state index contributed by atoms with van der Waals surface area (Å²) in [7, 11) is 0. The Labute approximate surface area is 125 Å². The molecular weight excluding hydrogens is 260 g/mol. The van der Waals surface area contributed by atoms with Crippen LogP contribution >= 0.6 is 0 Å². The third-order valence-corrected chi connectivity index (χ3v) is 4.13. The molecule has 2 aromatic rings. The van der Waals surface area contributed by atoms with E-state index in [-0.39, 0.29) is 5.97 Å². The molecule has 21 heavy (non-hydrogen) atoms. The molecule has 0 N–H and O–H groups in total. The maximum atomic E-state index is 12.2. The highest BCUT2D eigenvalue weighted by Gasteiger charge is 2.45. The van der Waals surface area contributed by atoms with E-state index in [1.165, 1.54) is 0 Å². The first-order valence-corrected chi connectivity index (χ1v) is 7.18. The van der Waals surface area contributed by atoms with Crippen molar-refractivity contribution in [1.82, 2.24) is 0 Å². The SMILES string of the molecule is C=C(C)C(=O)OC1(CC)c2ccccc2-c2ccccc21. The number of hydrogen-bond acceptors (Lipinski definition) is 2. The van der Waals surface area contributed by atoms with Crippen LogP contribution in [-0.2, 0) is 15.1 Å². The van der Waals surface area contributed by atoms with Crippen molar-refractivity contribution in [3.05, 3.63) is 71.8 Å². The van der Waals surface area contributed by atoms with Crippen molar-refractivity contribution in [2.24, 2.45) is 0 Å². The first kappa shape index (κ1) is 13.6. The van der Waals surface area contributed by atoms with Crippen LogP contribution in [-0.4, -0.2) is 5.97 Å². The summed E-state index contributed by atoms with van der Waals surface area (Å²) >= 11 is 0. The van der Waals surface area contributed by atoms with Gasteiger partial charge < -0.3 is 4.74 Å². The summed E-state index contributed by atoms with van der Waals surface area (Å²) in [6.07, 6.45) is 0.694. The zero-order valence-electron chi connectivity index (χ0n) is 12.3. The number of ether oxygens (including phenoxy) is 1. The number of hydrogen-bond donors (Lipinski definition) is 0. The number of esters is 1. The first-order valence-electron chi connectivity index (χ1n) is 7.18. The van der Waals surface area contributed by atoms with Gasteiger partial charge in [-0.1, -0.05) is 62.0 Å². The molecule has 0 amide bonds. The van der Waals surface area contributed by atoms with Crippen molar-refractivity contribution in [2.45, 2.75) is 25.9 Å². The highest BCUT2D eigenvalue weighted by atomic mass is 16.6. The number of carbonyl (C=O) groups excluding carboxylic acids is 1. The van der Waals surface area contributed by atoms with Crippen molar-refractivity contribution in [1.29, 1.82) is 0 Å². The van der Waals surface area contributed by atoms with Gasteiger partial charge in [-0.05, 0) is 24.5 Å². The highest BCUT2D eigenvalue weighted by Crippen LogP contribution is 2.51. The fourth-order valence-corrected chi connectivity index (χ4v) is 3.09. The lowest BCUT2D eigenvalue weighted by Gasteiger charge is -2.30. The molecule has 2 nitrogen and oxygen atoms in total. The average molecular weight is 278 g/mol. The Morgan fingerprint density at radius 2 is 1.52 bits per heavy atom. The van der Waals surface area contributed by atoms with Gasteiger partial charge in [0.05, 0.1) is 0 Å². The number of fused-ring (bicyclic) bond motifs is 3. The molecule has 0 unspecified atom stereocenters. The topological polar surface area (TPSA) is 26.3 Å². The van der Waals surface area contributed by atoms with Gasteiger partial charge in [0.15, 0.2) is 5.60 Å². The quantitative estimate of drug-likeness (QED) is 0.613. The maximum absolute atomic E-state index is 12.2. The Hall–Kier alpha value is -2.35. The van der Waals surface area contributed by atoms with E-state index < -0.39 is 5.60 Å². The Kier molecular flexibility index (Phi) is 3.17. The fraction of sp³-hybridized carbons (Fsp3) is 0.211. The second-order valence-electron chi connectivity index (χ2n) is 5.44. The number of carbonyl (C=O) groups is 1. The van der Waals surface area contributed by atoms with Gasteiger partial charge in [-0.3, -0.25) is 0 Å². The minimum Gasteiger partial charge on any atom is -0.446 e. The molecule has 2 aromatic carbocycles. The summed E-state index contributed by atoms with van der Waals surface area (Å²) in [6, 6.07) is 16.3. The molecule has 3 rings (SSSR count).